The van der Waals surface area contributed by atoms with Crippen LogP contribution in [-0.2, 0) is 14.8 Å². The second-order valence-electron chi connectivity index (χ2n) is 9.44. The molecule has 1 heterocycles. The Kier molecular flexibility index (Phi) is 5.03. The number of carbonyl (C=O) groups excluding carboxylic acids is 1. The van der Waals surface area contributed by atoms with Gasteiger partial charge in [-0.15, -0.1) is 0 Å². The lowest BCUT2D eigenvalue weighted by atomic mass is 9.51. The van der Waals surface area contributed by atoms with E-state index in [-0.39, 0.29) is 5.92 Å². The summed E-state index contributed by atoms with van der Waals surface area (Å²) in [6.07, 6.45) is 7.98. The molecule has 5 aliphatic rings. The molecule has 1 saturated heterocycles. The molecule has 6 heteroatoms. The van der Waals surface area contributed by atoms with Gasteiger partial charge in [0.25, 0.3) is 0 Å². The first-order chi connectivity index (χ1) is 14.0. The second-order valence-corrected chi connectivity index (χ2v) is 11.3. The average Bonchev–Trinajstić information content (AvgIpc) is 2.72. The molecule has 0 N–H and O–H groups in total. The third-order valence-electron chi connectivity index (χ3n) is 7.65. The molecule has 4 saturated carbocycles. The van der Waals surface area contributed by atoms with Gasteiger partial charge in [-0.2, -0.15) is 4.31 Å². The lowest BCUT2D eigenvalue weighted by Gasteiger charge is -2.54. The van der Waals surface area contributed by atoms with E-state index >= 15 is 0 Å². The predicted octanol–water partition coefficient (Wildman–Crippen LogP) is 3.20. The largest absolute Gasteiger partial charge is 0.340 e. The molecule has 29 heavy (non-hydrogen) atoms. The summed E-state index contributed by atoms with van der Waals surface area (Å²) >= 11 is 0. The van der Waals surface area contributed by atoms with Crippen LogP contribution in [0.5, 0.6) is 0 Å². The van der Waals surface area contributed by atoms with Crippen molar-refractivity contribution in [2.45, 2.75) is 32.1 Å². The number of hydrogen-bond acceptors (Lipinski definition) is 3. The van der Waals surface area contributed by atoms with Crippen molar-refractivity contribution in [3.63, 3.8) is 0 Å². The van der Waals surface area contributed by atoms with E-state index < -0.39 is 10.0 Å². The van der Waals surface area contributed by atoms with Crippen molar-refractivity contribution in [3.05, 3.63) is 41.3 Å². The lowest BCUT2D eigenvalue weighted by molar-refractivity contribution is -0.150. The van der Waals surface area contributed by atoms with Crippen LogP contribution in [0.2, 0.25) is 0 Å². The van der Waals surface area contributed by atoms with Crippen LogP contribution in [0, 0.1) is 29.6 Å². The number of nitrogens with zero attached hydrogens (tertiary/aromatic N) is 2. The average molecular weight is 415 g/mol. The Hall–Kier alpha value is -1.66. The van der Waals surface area contributed by atoms with Crippen LogP contribution < -0.4 is 0 Å². The quantitative estimate of drug-likeness (QED) is 0.760. The highest BCUT2D eigenvalue weighted by Crippen LogP contribution is 2.56. The second kappa shape index (κ2) is 7.55. The first-order valence-corrected chi connectivity index (χ1v) is 12.5. The maximum atomic E-state index is 13.3. The molecule has 6 rings (SSSR count). The Morgan fingerprint density at radius 1 is 0.862 bits per heavy atom. The number of carbonyl (C=O) groups is 1. The van der Waals surface area contributed by atoms with Gasteiger partial charge in [-0.05, 0) is 67.4 Å². The van der Waals surface area contributed by atoms with Crippen molar-refractivity contribution in [2.75, 3.05) is 26.2 Å². The third kappa shape index (κ3) is 3.77. The van der Waals surface area contributed by atoms with E-state index in [2.05, 4.69) is 0 Å². The summed E-state index contributed by atoms with van der Waals surface area (Å²) in [5, 5.41) is 1.29. The minimum absolute atomic E-state index is 0.198. The number of amides is 1. The SMILES string of the molecule is O=C(C1C2CC3CC(C2)CC1C3)N1CCN(S(=O)(=O)/C=C/c2ccccc2)CC1. The molecule has 0 aromatic heterocycles. The number of rotatable bonds is 4. The monoisotopic (exact) mass is 414 g/mol. The van der Waals surface area contributed by atoms with E-state index in [1.165, 1.54) is 41.8 Å². The molecular formula is C23H30N2O3S. The van der Waals surface area contributed by atoms with Crippen LogP contribution in [0.15, 0.2) is 35.7 Å². The van der Waals surface area contributed by atoms with Crippen molar-refractivity contribution in [1.29, 1.82) is 0 Å². The smallest absolute Gasteiger partial charge is 0.236 e. The topological polar surface area (TPSA) is 57.7 Å². The van der Waals surface area contributed by atoms with Crippen molar-refractivity contribution in [1.82, 2.24) is 9.21 Å². The molecule has 0 unspecified atom stereocenters. The van der Waals surface area contributed by atoms with E-state index in [0.717, 1.165) is 17.4 Å². The standard InChI is InChI=1S/C23H30N2O3S/c26-23(22-20-13-18-12-19(15-20)16-21(22)14-18)24-7-9-25(10-8-24)29(27,28)11-6-17-4-2-1-3-5-17/h1-6,11,18-22H,7-10,12-16H2/b11-6+. The van der Waals surface area contributed by atoms with Crippen molar-refractivity contribution in [2.24, 2.45) is 29.6 Å². The molecule has 5 fully saturated rings. The number of hydrogen-bond donors (Lipinski definition) is 0. The minimum Gasteiger partial charge on any atom is -0.340 e. The Labute approximate surface area is 173 Å². The molecule has 5 nitrogen and oxygen atoms in total. The van der Waals surface area contributed by atoms with Gasteiger partial charge in [0, 0.05) is 37.5 Å². The van der Waals surface area contributed by atoms with Gasteiger partial charge in [0.1, 0.15) is 0 Å². The Balaban J connectivity index is 1.20. The summed E-state index contributed by atoms with van der Waals surface area (Å²) in [5.74, 6) is 3.38. The van der Waals surface area contributed by atoms with Crippen LogP contribution in [0.3, 0.4) is 0 Å². The number of sulfonamides is 1. The van der Waals surface area contributed by atoms with E-state index in [1.54, 1.807) is 6.08 Å². The highest BCUT2D eigenvalue weighted by molar-refractivity contribution is 7.92. The van der Waals surface area contributed by atoms with Gasteiger partial charge in [0.05, 0.1) is 0 Å². The van der Waals surface area contributed by atoms with Crippen LogP contribution in [0.4, 0.5) is 0 Å². The summed E-state index contributed by atoms with van der Waals surface area (Å²) in [6, 6.07) is 9.45. The molecule has 4 aliphatic carbocycles. The van der Waals surface area contributed by atoms with Crippen LogP contribution in [0.25, 0.3) is 6.08 Å². The fourth-order valence-corrected chi connectivity index (χ4v) is 7.69. The van der Waals surface area contributed by atoms with Gasteiger partial charge in [-0.3, -0.25) is 4.79 Å². The maximum absolute atomic E-state index is 13.3. The number of piperazine rings is 1. The van der Waals surface area contributed by atoms with Gasteiger partial charge in [0.15, 0.2) is 0 Å². The summed E-state index contributed by atoms with van der Waals surface area (Å²) in [7, 11) is -3.46. The predicted molar refractivity (Wildman–Crippen MR) is 113 cm³/mol. The fraction of sp³-hybridized carbons (Fsp3) is 0.609. The van der Waals surface area contributed by atoms with Crippen molar-refractivity contribution in [3.8, 4) is 0 Å². The summed E-state index contributed by atoms with van der Waals surface area (Å²) in [4.78, 5) is 15.2. The highest BCUT2D eigenvalue weighted by Gasteiger charge is 2.51. The normalized spacial score (nSPS) is 34.8. The zero-order chi connectivity index (χ0) is 20.0. The zero-order valence-electron chi connectivity index (χ0n) is 16.8. The molecule has 4 bridgehead atoms. The molecule has 1 aromatic carbocycles. The van der Waals surface area contributed by atoms with Gasteiger partial charge < -0.3 is 4.90 Å². The van der Waals surface area contributed by atoms with Gasteiger partial charge >= 0.3 is 0 Å². The first-order valence-electron chi connectivity index (χ1n) is 11.0. The third-order valence-corrected chi connectivity index (χ3v) is 9.22. The summed E-state index contributed by atoms with van der Waals surface area (Å²) < 4.78 is 26.9. The molecule has 0 spiro atoms. The Bertz CT molecular complexity index is 860. The van der Waals surface area contributed by atoms with E-state index in [0.29, 0.717) is 43.9 Å². The summed E-state index contributed by atoms with van der Waals surface area (Å²) in [5.41, 5.74) is 0.867. The molecule has 0 atom stereocenters. The van der Waals surface area contributed by atoms with Crippen LogP contribution >= 0.6 is 0 Å². The maximum Gasteiger partial charge on any atom is 0.236 e. The first kappa shape index (κ1) is 19.3. The molecule has 1 amide bonds. The van der Waals surface area contributed by atoms with Crippen molar-refractivity contribution < 1.29 is 13.2 Å². The summed E-state index contributed by atoms with van der Waals surface area (Å²) in [6.45, 7) is 1.81. The molecule has 156 valence electrons. The highest BCUT2D eigenvalue weighted by atomic mass is 32.2. The molecule has 1 aromatic rings. The molecule has 0 radical (unpaired) electrons. The Morgan fingerprint density at radius 3 is 2.03 bits per heavy atom. The molecular weight excluding hydrogens is 384 g/mol. The number of benzene rings is 1. The van der Waals surface area contributed by atoms with Crippen LogP contribution in [0.1, 0.15) is 37.7 Å². The lowest BCUT2D eigenvalue weighted by Crippen LogP contribution is -2.56. The van der Waals surface area contributed by atoms with E-state index in [4.69, 9.17) is 0 Å². The van der Waals surface area contributed by atoms with Gasteiger partial charge in [-0.1, -0.05) is 30.3 Å². The Morgan fingerprint density at radius 2 is 1.45 bits per heavy atom. The van der Waals surface area contributed by atoms with Crippen molar-refractivity contribution >= 4 is 22.0 Å². The molecule has 1 aliphatic heterocycles. The van der Waals surface area contributed by atoms with E-state index in [1.807, 2.05) is 35.2 Å². The van der Waals surface area contributed by atoms with Crippen LogP contribution in [-0.4, -0.2) is 49.7 Å². The minimum atomic E-state index is -3.46. The fourth-order valence-electron chi connectivity index (χ4n) is 6.52. The van der Waals surface area contributed by atoms with Gasteiger partial charge in [-0.25, -0.2) is 8.42 Å². The van der Waals surface area contributed by atoms with E-state index in [9.17, 15) is 13.2 Å². The van der Waals surface area contributed by atoms with Gasteiger partial charge in [0.2, 0.25) is 15.9 Å². The zero-order valence-corrected chi connectivity index (χ0v) is 17.6.